The number of likely N-dealkylation sites (N-methyl/N-ethyl adjacent to an activating group) is 1. The van der Waals surface area contributed by atoms with E-state index in [1.54, 1.807) is 6.20 Å². The van der Waals surface area contributed by atoms with Gasteiger partial charge in [-0.2, -0.15) is 0 Å². The van der Waals surface area contributed by atoms with Gasteiger partial charge in [-0.05, 0) is 63.4 Å². The minimum absolute atomic E-state index is 0.0736. The molecule has 2 aromatic rings. The van der Waals surface area contributed by atoms with Gasteiger partial charge >= 0.3 is 0 Å². The molecule has 1 fully saturated rings. The summed E-state index contributed by atoms with van der Waals surface area (Å²) in [5.41, 5.74) is 2.62. The zero-order chi connectivity index (χ0) is 20.9. The highest BCUT2D eigenvalue weighted by molar-refractivity contribution is 5.94. The molecule has 0 N–H and O–H groups in total. The molecule has 1 amide bonds. The highest BCUT2D eigenvalue weighted by atomic mass is 16.2. The first-order valence-electron chi connectivity index (χ1n) is 11.5. The molecule has 0 aromatic carbocycles. The van der Waals surface area contributed by atoms with Crippen LogP contribution in [-0.2, 0) is 17.6 Å². The van der Waals surface area contributed by atoms with E-state index < -0.39 is 0 Å². The number of rotatable bonds is 6. The average molecular weight is 407 g/mol. The quantitative estimate of drug-likeness (QED) is 0.719. The lowest BCUT2D eigenvalue weighted by molar-refractivity contribution is -0.123. The number of hydrogen-bond donors (Lipinski definition) is 0. The molecule has 2 aromatic heterocycles. The minimum atomic E-state index is 0.0736. The van der Waals surface area contributed by atoms with Crippen molar-refractivity contribution in [1.82, 2.24) is 14.9 Å². The first-order valence-corrected chi connectivity index (χ1v) is 11.5. The molecule has 5 heteroatoms. The molecular weight excluding hydrogens is 372 g/mol. The maximum Gasteiger partial charge on any atom is 0.231 e. The molecular formula is C25H34N4O. The molecule has 1 saturated carbocycles. The van der Waals surface area contributed by atoms with Crippen molar-refractivity contribution in [2.24, 2.45) is 5.92 Å². The third kappa shape index (κ3) is 4.72. The van der Waals surface area contributed by atoms with Crippen LogP contribution in [0.15, 0.2) is 42.7 Å². The maximum atomic E-state index is 13.5. The molecule has 0 radical (unpaired) electrons. The van der Waals surface area contributed by atoms with Crippen LogP contribution < -0.4 is 4.90 Å². The first-order chi connectivity index (χ1) is 14.6. The van der Waals surface area contributed by atoms with Crippen LogP contribution in [0.3, 0.4) is 0 Å². The molecule has 160 valence electrons. The summed E-state index contributed by atoms with van der Waals surface area (Å²) in [6.45, 7) is 3.00. The molecule has 30 heavy (non-hydrogen) atoms. The number of carbonyl (C=O) groups excluding carboxylic acids is 1. The molecule has 0 saturated heterocycles. The Kier molecular flexibility index (Phi) is 6.78. The van der Waals surface area contributed by atoms with Crippen LogP contribution in [0.4, 0.5) is 5.82 Å². The Morgan fingerprint density at radius 3 is 2.63 bits per heavy atom. The van der Waals surface area contributed by atoms with Crippen LogP contribution in [0.1, 0.15) is 56.7 Å². The standard InChI is InChI=1S/C25H34N4O/c1-19(18-28(2)22-14-13-20-11-8-16-26-23(20)17-22)29(24-12-6-7-15-27-24)25(30)21-9-4-3-5-10-21/h6-8,11-12,15-16,19,21-22H,3-5,9-10,13-14,17-18H2,1-2H3. The van der Waals surface area contributed by atoms with E-state index in [1.807, 2.05) is 35.4 Å². The molecule has 2 aliphatic rings. The Balaban J connectivity index is 1.47. The number of nitrogens with zero attached hydrogens (tertiary/aromatic N) is 4. The summed E-state index contributed by atoms with van der Waals surface area (Å²) in [7, 11) is 2.19. The number of fused-ring (bicyclic) bond motifs is 1. The summed E-state index contributed by atoms with van der Waals surface area (Å²) in [6.07, 6.45) is 12.5. The summed E-state index contributed by atoms with van der Waals surface area (Å²) in [4.78, 5) is 27.1. The van der Waals surface area contributed by atoms with Gasteiger partial charge in [0.2, 0.25) is 5.91 Å². The average Bonchev–Trinajstić information content (AvgIpc) is 2.80. The molecule has 0 spiro atoms. The molecule has 2 aliphatic carbocycles. The second-order valence-corrected chi connectivity index (χ2v) is 9.03. The van der Waals surface area contributed by atoms with Crippen molar-refractivity contribution < 1.29 is 4.79 Å². The van der Waals surface area contributed by atoms with Crippen molar-refractivity contribution in [3.05, 3.63) is 54.0 Å². The largest absolute Gasteiger partial charge is 0.301 e. The van der Waals surface area contributed by atoms with Gasteiger partial charge in [0.05, 0.1) is 0 Å². The highest BCUT2D eigenvalue weighted by Gasteiger charge is 2.32. The summed E-state index contributed by atoms with van der Waals surface area (Å²) >= 11 is 0. The van der Waals surface area contributed by atoms with Crippen LogP contribution in [0.25, 0.3) is 0 Å². The van der Waals surface area contributed by atoms with Crippen molar-refractivity contribution in [3.63, 3.8) is 0 Å². The highest BCUT2D eigenvalue weighted by Crippen LogP contribution is 2.29. The molecule has 2 unspecified atom stereocenters. The molecule has 4 rings (SSSR count). The lowest BCUT2D eigenvalue weighted by atomic mass is 9.88. The Labute approximate surface area is 180 Å². The van der Waals surface area contributed by atoms with E-state index in [1.165, 1.54) is 17.7 Å². The van der Waals surface area contributed by atoms with Crippen molar-refractivity contribution in [2.75, 3.05) is 18.5 Å². The minimum Gasteiger partial charge on any atom is -0.301 e. The number of pyridine rings is 2. The van der Waals surface area contributed by atoms with Crippen molar-refractivity contribution in [1.29, 1.82) is 0 Å². The molecule has 0 aliphatic heterocycles. The molecule has 2 heterocycles. The van der Waals surface area contributed by atoms with Gasteiger partial charge < -0.3 is 4.90 Å². The fourth-order valence-electron chi connectivity index (χ4n) is 5.15. The predicted octanol–water partition coefficient (Wildman–Crippen LogP) is 4.27. The Bertz CT molecular complexity index is 834. The van der Waals surface area contributed by atoms with Crippen LogP contribution in [0, 0.1) is 5.92 Å². The van der Waals surface area contributed by atoms with Crippen molar-refractivity contribution in [3.8, 4) is 0 Å². The van der Waals surface area contributed by atoms with Gasteiger partial charge in [-0.3, -0.25) is 14.7 Å². The van der Waals surface area contributed by atoms with E-state index in [4.69, 9.17) is 0 Å². The van der Waals surface area contributed by atoms with Gasteiger partial charge in [0.1, 0.15) is 5.82 Å². The topological polar surface area (TPSA) is 49.3 Å². The fourth-order valence-corrected chi connectivity index (χ4v) is 5.15. The Morgan fingerprint density at radius 2 is 1.87 bits per heavy atom. The molecule has 2 atom stereocenters. The first kappa shape index (κ1) is 21.0. The normalized spacial score (nSPS) is 20.6. The van der Waals surface area contributed by atoms with E-state index in [0.29, 0.717) is 6.04 Å². The van der Waals surface area contributed by atoms with Crippen LogP contribution in [0.2, 0.25) is 0 Å². The number of amides is 1. The van der Waals surface area contributed by atoms with E-state index in [-0.39, 0.29) is 17.9 Å². The zero-order valence-corrected chi connectivity index (χ0v) is 18.3. The summed E-state index contributed by atoms with van der Waals surface area (Å²) in [6, 6.07) is 10.6. The summed E-state index contributed by atoms with van der Waals surface area (Å²) in [5.74, 6) is 1.17. The number of hydrogen-bond acceptors (Lipinski definition) is 4. The van der Waals surface area contributed by atoms with Gasteiger partial charge in [0, 0.05) is 49.1 Å². The van der Waals surface area contributed by atoms with Crippen LogP contribution >= 0.6 is 0 Å². The third-order valence-corrected chi connectivity index (χ3v) is 6.86. The summed E-state index contributed by atoms with van der Waals surface area (Å²) < 4.78 is 0. The smallest absolute Gasteiger partial charge is 0.231 e. The SMILES string of the molecule is CC(CN(C)C1CCc2cccnc2C1)N(C(=O)C1CCCCC1)c1ccccn1. The van der Waals surface area contributed by atoms with Crippen molar-refractivity contribution >= 4 is 11.7 Å². The van der Waals surface area contributed by atoms with Gasteiger partial charge in [-0.1, -0.05) is 31.4 Å². The van der Waals surface area contributed by atoms with Gasteiger partial charge in [-0.25, -0.2) is 4.98 Å². The third-order valence-electron chi connectivity index (χ3n) is 6.86. The fraction of sp³-hybridized carbons (Fsp3) is 0.560. The summed E-state index contributed by atoms with van der Waals surface area (Å²) in [5, 5.41) is 0. The van der Waals surface area contributed by atoms with Gasteiger partial charge in [0.15, 0.2) is 0 Å². The number of aromatic nitrogens is 2. The van der Waals surface area contributed by atoms with Gasteiger partial charge in [0.25, 0.3) is 0 Å². The van der Waals surface area contributed by atoms with Crippen LogP contribution in [-0.4, -0.2) is 46.5 Å². The second kappa shape index (κ2) is 9.69. The van der Waals surface area contributed by atoms with Gasteiger partial charge in [-0.15, -0.1) is 0 Å². The van der Waals surface area contributed by atoms with E-state index in [9.17, 15) is 4.79 Å². The monoisotopic (exact) mass is 406 g/mol. The molecule has 0 bridgehead atoms. The lowest BCUT2D eigenvalue weighted by Gasteiger charge is -2.38. The van der Waals surface area contributed by atoms with E-state index in [0.717, 1.165) is 57.3 Å². The maximum absolute atomic E-state index is 13.5. The Hall–Kier alpha value is -2.27. The van der Waals surface area contributed by atoms with Crippen molar-refractivity contribution in [2.45, 2.75) is 70.4 Å². The number of anilines is 1. The van der Waals surface area contributed by atoms with Crippen LogP contribution in [0.5, 0.6) is 0 Å². The number of aryl methyl sites for hydroxylation is 1. The second-order valence-electron chi connectivity index (χ2n) is 9.03. The zero-order valence-electron chi connectivity index (χ0n) is 18.3. The molecule has 5 nitrogen and oxygen atoms in total. The number of carbonyl (C=O) groups is 1. The lowest BCUT2D eigenvalue weighted by Crippen LogP contribution is -2.50. The Morgan fingerprint density at radius 1 is 1.07 bits per heavy atom. The predicted molar refractivity (Wildman–Crippen MR) is 120 cm³/mol. The van der Waals surface area contributed by atoms with E-state index >= 15 is 0 Å². The van der Waals surface area contributed by atoms with E-state index in [2.05, 4.69) is 34.9 Å².